The molecule has 148 valence electrons. The summed E-state index contributed by atoms with van der Waals surface area (Å²) in [4.78, 5) is 21.1. The molecule has 1 aliphatic heterocycles. The van der Waals surface area contributed by atoms with E-state index in [0.29, 0.717) is 0 Å². The molecule has 1 spiro atoms. The summed E-state index contributed by atoms with van der Waals surface area (Å²) >= 11 is 0. The Hall–Kier alpha value is -2.40. The molecule has 1 aromatic heterocycles. The summed E-state index contributed by atoms with van der Waals surface area (Å²) < 4.78 is 0. The van der Waals surface area contributed by atoms with E-state index in [2.05, 4.69) is 59.6 Å². The molecule has 2 amide bonds. The normalized spacial score (nSPS) is 27.4. The number of hydrogen-bond donors (Lipinski definition) is 1. The third-order valence-electron chi connectivity index (χ3n) is 6.77. The number of amides is 2. The number of carbonyl (C=O) groups is 1. The Morgan fingerprint density at radius 1 is 1.04 bits per heavy atom. The number of carbonyl (C=O) groups excluding carboxylic acids is 1. The van der Waals surface area contributed by atoms with Gasteiger partial charge < -0.3 is 10.2 Å². The second kappa shape index (κ2) is 7.55. The maximum absolute atomic E-state index is 12.6. The van der Waals surface area contributed by atoms with Crippen LogP contribution in [0.5, 0.6) is 0 Å². The van der Waals surface area contributed by atoms with Crippen LogP contribution in [0.3, 0.4) is 0 Å². The van der Waals surface area contributed by atoms with Crippen molar-refractivity contribution in [3.8, 4) is 0 Å². The van der Waals surface area contributed by atoms with Crippen LogP contribution < -0.4 is 5.32 Å². The molecule has 5 heteroatoms. The lowest BCUT2D eigenvalue weighted by atomic mass is 9.69. The molecule has 0 bridgehead atoms. The maximum atomic E-state index is 12.6. The van der Waals surface area contributed by atoms with E-state index in [0.717, 1.165) is 45.2 Å². The van der Waals surface area contributed by atoms with Crippen LogP contribution in [0.1, 0.15) is 36.8 Å². The molecule has 0 radical (unpaired) electrons. The zero-order valence-corrected chi connectivity index (χ0v) is 16.9. The second-order valence-corrected chi connectivity index (χ2v) is 8.53. The smallest absolute Gasteiger partial charge is 0.317 e. The molecule has 4 rings (SSSR count). The molecule has 5 nitrogen and oxygen atoms in total. The fraction of sp³-hybridized carbons (Fsp3) is 0.478. The van der Waals surface area contributed by atoms with E-state index in [9.17, 15) is 4.79 Å². The van der Waals surface area contributed by atoms with Gasteiger partial charge in [0.05, 0.1) is 5.54 Å². The van der Waals surface area contributed by atoms with Gasteiger partial charge in [0.2, 0.25) is 0 Å². The van der Waals surface area contributed by atoms with Crippen LogP contribution in [0.25, 0.3) is 0 Å². The first-order valence-corrected chi connectivity index (χ1v) is 10.2. The van der Waals surface area contributed by atoms with Crippen molar-refractivity contribution in [2.24, 2.45) is 0 Å². The average Bonchev–Trinajstić information content (AvgIpc) is 3.03. The minimum absolute atomic E-state index is 0.0572. The van der Waals surface area contributed by atoms with E-state index < -0.39 is 0 Å². The predicted octanol–water partition coefficient (Wildman–Crippen LogP) is 3.42. The molecule has 2 heterocycles. The van der Waals surface area contributed by atoms with Crippen molar-refractivity contribution in [3.05, 3.63) is 66.0 Å². The Kier molecular flexibility index (Phi) is 5.11. The largest absolute Gasteiger partial charge is 0.331 e. The van der Waals surface area contributed by atoms with Gasteiger partial charge in [-0.2, -0.15) is 0 Å². The molecular formula is C23H30N4O. The van der Waals surface area contributed by atoms with Crippen molar-refractivity contribution in [2.75, 3.05) is 27.2 Å². The summed E-state index contributed by atoms with van der Waals surface area (Å²) in [5.74, 6) is 0. The van der Waals surface area contributed by atoms with E-state index in [1.54, 1.807) is 0 Å². The van der Waals surface area contributed by atoms with Crippen LogP contribution in [-0.2, 0) is 12.0 Å². The molecule has 1 N–H and O–H groups in total. The standard InChI is InChI=1S/C23H30N4O/c1-26(2)23(20-6-4-3-5-7-20)13-11-22(12-14-23)18-27(21(28)25-22)17-10-19-8-15-24-16-9-19/h3-9,15-16H,10-14,17-18H2,1-2H3,(H,25,28)/t22-,23+. The zero-order chi connectivity index (χ0) is 19.6. The van der Waals surface area contributed by atoms with Crippen LogP contribution in [-0.4, -0.2) is 53.5 Å². The number of nitrogens with zero attached hydrogens (tertiary/aromatic N) is 3. The molecule has 28 heavy (non-hydrogen) atoms. The van der Waals surface area contributed by atoms with Gasteiger partial charge in [0, 0.05) is 31.0 Å². The van der Waals surface area contributed by atoms with E-state index in [1.807, 2.05) is 29.4 Å². The van der Waals surface area contributed by atoms with Gasteiger partial charge >= 0.3 is 6.03 Å². The topological polar surface area (TPSA) is 48.5 Å². The minimum Gasteiger partial charge on any atom is -0.331 e. The highest BCUT2D eigenvalue weighted by Gasteiger charge is 2.49. The lowest BCUT2D eigenvalue weighted by molar-refractivity contribution is 0.0620. The first-order chi connectivity index (χ1) is 13.5. The molecule has 1 saturated heterocycles. The van der Waals surface area contributed by atoms with Crippen molar-refractivity contribution < 1.29 is 4.79 Å². The average molecular weight is 379 g/mol. The number of hydrogen-bond acceptors (Lipinski definition) is 3. The molecule has 2 aromatic rings. The summed E-state index contributed by atoms with van der Waals surface area (Å²) in [5, 5.41) is 3.34. The maximum Gasteiger partial charge on any atom is 0.317 e. The van der Waals surface area contributed by atoms with Gasteiger partial charge in [0.25, 0.3) is 0 Å². The van der Waals surface area contributed by atoms with E-state index in [1.165, 1.54) is 11.1 Å². The Morgan fingerprint density at radius 3 is 2.36 bits per heavy atom. The van der Waals surface area contributed by atoms with Crippen molar-refractivity contribution in [2.45, 2.75) is 43.2 Å². The SMILES string of the molecule is CN(C)[C@]1(c2ccccc2)CC[C@]2(CC1)CN(CCc1ccncc1)C(=O)N2. The van der Waals surface area contributed by atoms with Crippen LogP contribution in [0.15, 0.2) is 54.9 Å². The summed E-state index contributed by atoms with van der Waals surface area (Å²) in [6.45, 7) is 1.57. The van der Waals surface area contributed by atoms with E-state index >= 15 is 0 Å². The summed E-state index contributed by atoms with van der Waals surface area (Å²) in [6, 6.07) is 15.0. The summed E-state index contributed by atoms with van der Waals surface area (Å²) in [6.07, 6.45) is 8.64. The first-order valence-electron chi connectivity index (χ1n) is 10.2. The van der Waals surface area contributed by atoms with Gasteiger partial charge in [-0.3, -0.25) is 9.88 Å². The Labute approximate surface area is 167 Å². The third kappa shape index (κ3) is 3.51. The zero-order valence-electron chi connectivity index (χ0n) is 16.9. The third-order valence-corrected chi connectivity index (χ3v) is 6.77. The van der Waals surface area contributed by atoms with Crippen molar-refractivity contribution >= 4 is 6.03 Å². The van der Waals surface area contributed by atoms with Gasteiger partial charge in [0.15, 0.2) is 0 Å². The molecule has 0 atom stereocenters. The molecule has 1 aromatic carbocycles. The van der Waals surface area contributed by atoms with E-state index in [-0.39, 0.29) is 17.1 Å². The van der Waals surface area contributed by atoms with Crippen LogP contribution in [0.4, 0.5) is 4.79 Å². The highest BCUT2D eigenvalue weighted by molar-refractivity contribution is 5.78. The van der Waals surface area contributed by atoms with Gasteiger partial charge in [-0.05, 0) is 69.5 Å². The lowest BCUT2D eigenvalue weighted by Crippen LogP contribution is -2.54. The summed E-state index contributed by atoms with van der Waals surface area (Å²) in [7, 11) is 4.36. The number of benzene rings is 1. The number of pyridine rings is 1. The molecule has 1 aliphatic carbocycles. The number of nitrogens with one attached hydrogen (secondary N) is 1. The van der Waals surface area contributed by atoms with Crippen molar-refractivity contribution in [3.63, 3.8) is 0 Å². The Bertz CT molecular complexity index is 798. The highest BCUT2D eigenvalue weighted by atomic mass is 16.2. The van der Waals surface area contributed by atoms with Gasteiger partial charge in [-0.15, -0.1) is 0 Å². The molecule has 2 fully saturated rings. The van der Waals surface area contributed by atoms with Crippen molar-refractivity contribution in [1.82, 2.24) is 20.1 Å². The second-order valence-electron chi connectivity index (χ2n) is 8.53. The number of urea groups is 1. The minimum atomic E-state index is -0.0797. The monoisotopic (exact) mass is 378 g/mol. The van der Waals surface area contributed by atoms with Crippen LogP contribution in [0.2, 0.25) is 0 Å². The quantitative estimate of drug-likeness (QED) is 0.867. The lowest BCUT2D eigenvalue weighted by Gasteiger charge is -2.48. The fourth-order valence-corrected chi connectivity index (χ4v) is 4.94. The van der Waals surface area contributed by atoms with Gasteiger partial charge in [-0.1, -0.05) is 30.3 Å². The fourth-order valence-electron chi connectivity index (χ4n) is 4.94. The molecule has 2 aliphatic rings. The molecule has 1 saturated carbocycles. The number of rotatable bonds is 5. The van der Waals surface area contributed by atoms with Gasteiger partial charge in [-0.25, -0.2) is 4.79 Å². The van der Waals surface area contributed by atoms with Gasteiger partial charge in [0.1, 0.15) is 0 Å². The predicted molar refractivity (Wildman–Crippen MR) is 111 cm³/mol. The van der Waals surface area contributed by atoms with Crippen LogP contribution >= 0.6 is 0 Å². The van der Waals surface area contributed by atoms with Crippen molar-refractivity contribution in [1.29, 1.82) is 0 Å². The first kappa shape index (κ1) is 18.9. The van der Waals surface area contributed by atoms with E-state index in [4.69, 9.17) is 0 Å². The Balaban J connectivity index is 1.43. The number of aromatic nitrogens is 1. The molecular weight excluding hydrogens is 348 g/mol. The van der Waals surface area contributed by atoms with Crippen LogP contribution in [0, 0.1) is 0 Å². The molecule has 0 unspecified atom stereocenters. The summed E-state index contributed by atoms with van der Waals surface area (Å²) in [5.41, 5.74) is 2.59. The Morgan fingerprint density at radius 2 is 1.71 bits per heavy atom. The highest BCUT2D eigenvalue weighted by Crippen LogP contribution is 2.45.